The van der Waals surface area contributed by atoms with Crippen LogP contribution in [-0.2, 0) is 4.79 Å². The lowest BCUT2D eigenvalue weighted by atomic mass is 10.00. The third-order valence-electron chi connectivity index (χ3n) is 5.17. The van der Waals surface area contributed by atoms with Crippen LogP contribution in [0.1, 0.15) is 35.3 Å². The molecule has 1 aliphatic heterocycles. The Morgan fingerprint density at radius 3 is 2.30 bits per heavy atom. The molecule has 0 radical (unpaired) electrons. The minimum Gasteiger partial charge on any atom is -0.322 e. The summed E-state index contributed by atoms with van der Waals surface area (Å²) in [6.07, 6.45) is -1.22. The normalized spacial score (nSPS) is 15.7. The second-order valence-corrected chi connectivity index (χ2v) is 8.71. The summed E-state index contributed by atoms with van der Waals surface area (Å²) in [4.78, 5) is 32.8. The van der Waals surface area contributed by atoms with Crippen molar-refractivity contribution in [2.24, 2.45) is 4.99 Å². The van der Waals surface area contributed by atoms with E-state index in [-0.39, 0.29) is 17.4 Å². The van der Waals surface area contributed by atoms with Gasteiger partial charge in [-0.2, -0.15) is 0 Å². The highest BCUT2D eigenvalue weighted by Gasteiger charge is 2.34. The number of benzodiazepines with no additional fused rings is 1. The average molecular weight is 484 g/mol. The van der Waals surface area contributed by atoms with E-state index in [4.69, 9.17) is 23.2 Å². The fourth-order valence-electron chi connectivity index (χ4n) is 3.75. The first-order valence-corrected chi connectivity index (χ1v) is 11.0. The van der Waals surface area contributed by atoms with E-state index >= 15 is 0 Å². The molecule has 1 aliphatic rings. The number of nitrogens with zero attached hydrogens (tertiary/aromatic N) is 2. The molecule has 2 amide bonds. The molecule has 4 rings (SSSR count). The zero-order valence-corrected chi connectivity index (χ0v) is 19.4. The second-order valence-electron chi connectivity index (χ2n) is 7.84. The summed E-state index contributed by atoms with van der Waals surface area (Å²) in [5.41, 5.74) is 2.65. The molecule has 1 N–H and O–H groups in total. The number of amides is 2. The maximum Gasteiger partial charge on any atom is 0.272 e. The Morgan fingerprint density at radius 1 is 1.03 bits per heavy atom. The molecule has 0 aliphatic carbocycles. The lowest BCUT2D eigenvalue weighted by Gasteiger charge is -2.29. The van der Waals surface area contributed by atoms with E-state index < -0.39 is 18.0 Å². The van der Waals surface area contributed by atoms with Gasteiger partial charge >= 0.3 is 0 Å². The van der Waals surface area contributed by atoms with Crippen molar-refractivity contribution in [1.82, 2.24) is 5.32 Å². The standard InChI is InChI=1S/C25H20Cl2FN3O2/c1-14(2)31-21-6-4-3-5-20(21)22(15-7-9-19(28)10-8-15)29-23(25(31)33)30-24(32)16-11-17(26)13-18(27)12-16/h3-14,23H,1-2H3,(H,30,32). The molecule has 0 saturated heterocycles. The molecule has 3 aromatic carbocycles. The largest absolute Gasteiger partial charge is 0.322 e. The number of carbonyl (C=O) groups is 2. The van der Waals surface area contributed by atoms with E-state index in [1.807, 2.05) is 38.1 Å². The summed E-state index contributed by atoms with van der Waals surface area (Å²) in [5, 5.41) is 3.30. The number of aliphatic imine (C=N–C) groups is 1. The summed E-state index contributed by atoms with van der Waals surface area (Å²) in [6, 6.07) is 17.4. The summed E-state index contributed by atoms with van der Waals surface area (Å²) in [7, 11) is 0. The van der Waals surface area contributed by atoms with E-state index in [0.29, 0.717) is 32.6 Å². The number of benzene rings is 3. The first-order valence-electron chi connectivity index (χ1n) is 10.3. The van der Waals surface area contributed by atoms with Crippen LogP contribution in [0.2, 0.25) is 10.0 Å². The number of halogens is 3. The van der Waals surface area contributed by atoms with Crippen LogP contribution in [0.3, 0.4) is 0 Å². The Labute approximate surface area is 200 Å². The molecular formula is C25H20Cl2FN3O2. The Bertz CT molecular complexity index is 1240. The van der Waals surface area contributed by atoms with Gasteiger partial charge in [0.2, 0.25) is 6.17 Å². The summed E-state index contributed by atoms with van der Waals surface area (Å²) in [6.45, 7) is 3.76. The minimum atomic E-state index is -1.22. The predicted molar refractivity (Wildman–Crippen MR) is 129 cm³/mol. The van der Waals surface area contributed by atoms with Crippen molar-refractivity contribution in [3.05, 3.63) is 99.3 Å². The van der Waals surface area contributed by atoms with Crippen LogP contribution in [0, 0.1) is 5.82 Å². The molecule has 3 aromatic rings. The van der Waals surface area contributed by atoms with Crippen LogP contribution < -0.4 is 10.2 Å². The number of hydrogen-bond donors (Lipinski definition) is 1. The fraction of sp³-hybridized carbons (Fsp3) is 0.160. The van der Waals surface area contributed by atoms with Gasteiger partial charge in [-0.05, 0) is 62.4 Å². The molecule has 0 saturated carbocycles. The molecular weight excluding hydrogens is 464 g/mol. The number of carbonyl (C=O) groups excluding carboxylic acids is 2. The lowest BCUT2D eigenvalue weighted by Crippen LogP contribution is -2.49. The summed E-state index contributed by atoms with van der Waals surface area (Å²) >= 11 is 12.1. The van der Waals surface area contributed by atoms with E-state index in [9.17, 15) is 14.0 Å². The Balaban J connectivity index is 1.83. The Kier molecular flexibility index (Phi) is 6.49. The van der Waals surface area contributed by atoms with Crippen LogP contribution in [0.4, 0.5) is 10.1 Å². The molecule has 0 aromatic heterocycles. The maximum absolute atomic E-state index is 13.6. The van der Waals surface area contributed by atoms with Crippen molar-refractivity contribution in [1.29, 1.82) is 0 Å². The number of nitrogens with one attached hydrogen (secondary N) is 1. The monoisotopic (exact) mass is 483 g/mol. The van der Waals surface area contributed by atoms with Crippen molar-refractivity contribution in [3.8, 4) is 0 Å². The Morgan fingerprint density at radius 2 is 1.67 bits per heavy atom. The molecule has 5 nitrogen and oxygen atoms in total. The smallest absolute Gasteiger partial charge is 0.272 e. The first kappa shape index (κ1) is 23.0. The fourth-order valence-corrected chi connectivity index (χ4v) is 4.27. The predicted octanol–water partition coefficient (Wildman–Crippen LogP) is 5.48. The molecule has 0 bridgehead atoms. The van der Waals surface area contributed by atoms with Crippen molar-refractivity contribution in [3.63, 3.8) is 0 Å². The van der Waals surface area contributed by atoms with Crippen molar-refractivity contribution in [2.75, 3.05) is 4.90 Å². The van der Waals surface area contributed by atoms with Gasteiger partial charge in [-0.3, -0.25) is 9.59 Å². The van der Waals surface area contributed by atoms with Gasteiger partial charge in [-0.15, -0.1) is 0 Å². The van der Waals surface area contributed by atoms with Crippen molar-refractivity contribution in [2.45, 2.75) is 26.1 Å². The van der Waals surface area contributed by atoms with Gasteiger partial charge in [-0.25, -0.2) is 9.38 Å². The van der Waals surface area contributed by atoms with Gasteiger partial charge < -0.3 is 10.2 Å². The zero-order chi connectivity index (χ0) is 23.7. The van der Waals surface area contributed by atoms with E-state index in [0.717, 1.165) is 0 Å². The highest BCUT2D eigenvalue weighted by atomic mass is 35.5. The topological polar surface area (TPSA) is 61.8 Å². The quantitative estimate of drug-likeness (QED) is 0.533. The molecule has 168 valence electrons. The molecule has 1 heterocycles. The zero-order valence-electron chi connectivity index (χ0n) is 17.9. The van der Waals surface area contributed by atoms with Crippen LogP contribution >= 0.6 is 23.2 Å². The van der Waals surface area contributed by atoms with E-state index in [1.165, 1.54) is 30.3 Å². The Hall–Kier alpha value is -3.22. The van der Waals surface area contributed by atoms with Crippen LogP contribution in [0.25, 0.3) is 0 Å². The number of hydrogen-bond acceptors (Lipinski definition) is 3. The van der Waals surface area contributed by atoms with Crippen LogP contribution in [0.15, 0.2) is 71.7 Å². The third kappa shape index (κ3) is 4.77. The molecule has 1 atom stereocenters. The van der Waals surface area contributed by atoms with Crippen LogP contribution in [0.5, 0.6) is 0 Å². The van der Waals surface area contributed by atoms with Gasteiger partial charge in [0, 0.05) is 32.8 Å². The number of anilines is 1. The average Bonchev–Trinajstić information content (AvgIpc) is 2.88. The lowest BCUT2D eigenvalue weighted by molar-refractivity contribution is -0.120. The van der Waals surface area contributed by atoms with Gasteiger partial charge in [-0.1, -0.05) is 41.4 Å². The van der Waals surface area contributed by atoms with Gasteiger partial charge in [0.15, 0.2) is 0 Å². The highest BCUT2D eigenvalue weighted by Crippen LogP contribution is 2.30. The van der Waals surface area contributed by atoms with E-state index in [2.05, 4.69) is 10.3 Å². The summed E-state index contributed by atoms with van der Waals surface area (Å²) < 4.78 is 13.6. The number of fused-ring (bicyclic) bond motifs is 1. The highest BCUT2D eigenvalue weighted by molar-refractivity contribution is 6.35. The number of rotatable bonds is 4. The van der Waals surface area contributed by atoms with Crippen LogP contribution in [-0.4, -0.2) is 29.7 Å². The SMILES string of the molecule is CC(C)N1C(=O)C(NC(=O)c2cc(Cl)cc(Cl)c2)N=C(c2ccc(F)cc2)c2ccccc21. The van der Waals surface area contributed by atoms with E-state index in [1.54, 1.807) is 17.0 Å². The molecule has 0 spiro atoms. The van der Waals surface area contributed by atoms with Gasteiger partial charge in [0.05, 0.1) is 11.4 Å². The minimum absolute atomic E-state index is 0.205. The molecule has 33 heavy (non-hydrogen) atoms. The van der Waals surface area contributed by atoms with Gasteiger partial charge in [0.25, 0.3) is 11.8 Å². The molecule has 0 fully saturated rings. The van der Waals surface area contributed by atoms with Crippen molar-refractivity contribution >= 4 is 46.4 Å². The van der Waals surface area contributed by atoms with Crippen molar-refractivity contribution < 1.29 is 14.0 Å². The second kappa shape index (κ2) is 9.33. The number of para-hydroxylation sites is 1. The molecule has 1 unspecified atom stereocenters. The summed E-state index contributed by atoms with van der Waals surface area (Å²) in [5.74, 6) is -1.32. The maximum atomic E-state index is 13.6. The third-order valence-corrected chi connectivity index (χ3v) is 5.61. The first-order chi connectivity index (χ1) is 15.7. The molecule has 8 heteroatoms. The van der Waals surface area contributed by atoms with Gasteiger partial charge in [0.1, 0.15) is 5.82 Å².